The molecule has 0 spiro atoms. The summed E-state index contributed by atoms with van der Waals surface area (Å²) in [6.07, 6.45) is 1.72. The molecule has 1 atom stereocenters. The van der Waals surface area contributed by atoms with Gasteiger partial charge in [0, 0.05) is 5.92 Å². The Morgan fingerprint density at radius 1 is 1.40 bits per heavy atom. The summed E-state index contributed by atoms with van der Waals surface area (Å²) in [6, 6.07) is 4.12. The van der Waals surface area contributed by atoms with Gasteiger partial charge in [0.05, 0.1) is 7.11 Å². The number of carbonyl (C=O) groups excluding carboxylic acids is 1. The van der Waals surface area contributed by atoms with Crippen LogP contribution in [-0.4, -0.2) is 13.4 Å². The Morgan fingerprint density at radius 2 is 2.07 bits per heavy atom. The Bertz CT molecular complexity index is 356. The van der Waals surface area contributed by atoms with Crippen molar-refractivity contribution in [3.63, 3.8) is 0 Å². The molecule has 1 aromatic carbocycles. The van der Waals surface area contributed by atoms with Crippen LogP contribution in [0.2, 0.25) is 0 Å². The number of hydrogen-bond donors (Lipinski definition) is 0. The van der Waals surface area contributed by atoms with Gasteiger partial charge in [-0.15, -0.1) is 0 Å². The van der Waals surface area contributed by atoms with Gasteiger partial charge in [0.1, 0.15) is 12.0 Å². The van der Waals surface area contributed by atoms with Crippen molar-refractivity contribution < 1.29 is 9.53 Å². The van der Waals surface area contributed by atoms with E-state index in [1.807, 2.05) is 19.9 Å². The van der Waals surface area contributed by atoms with Crippen molar-refractivity contribution in [1.29, 1.82) is 0 Å². The number of ether oxygens (including phenoxy) is 1. The summed E-state index contributed by atoms with van der Waals surface area (Å²) < 4.78 is 5.39. The lowest BCUT2D eigenvalue weighted by Gasteiger charge is -2.14. The number of hydrogen-bond acceptors (Lipinski definition) is 2. The van der Waals surface area contributed by atoms with E-state index in [1.54, 1.807) is 7.11 Å². The summed E-state index contributed by atoms with van der Waals surface area (Å²) in [7, 11) is 1.68. The maximum atomic E-state index is 10.6. The maximum Gasteiger partial charge on any atom is 0.125 e. The van der Waals surface area contributed by atoms with Crippen LogP contribution in [0.1, 0.15) is 23.6 Å². The molecule has 0 saturated carbocycles. The Kier molecular flexibility index (Phi) is 3.89. The molecule has 0 aliphatic rings. The second-order valence-electron chi connectivity index (χ2n) is 4.02. The monoisotopic (exact) mass is 206 g/mol. The minimum atomic E-state index is 0.0426. The van der Waals surface area contributed by atoms with Crippen LogP contribution in [0.15, 0.2) is 12.1 Å². The van der Waals surface area contributed by atoms with E-state index < -0.39 is 0 Å². The number of aryl methyl sites for hydroxylation is 1. The molecule has 2 heteroatoms. The molecule has 0 aliphatic heterocycles. The van der Waals surface area contributed by atoms with Crippen molar-refractivity contribution in [2.45, 2.75) is 27.2 Å². The van der Waals surface area contributed by atoms with E-state index in [2.05, 4.69) is 13.0 Å². The van der Waals surface area contributed by atoms with Crippen molar-refractivity contribution >= 4 is 6.29 Å². The van der Waals surface area contributed by atoms with Gasteiger partial charge in [0.15, 0.2) is 0 Å². The van der Waals surface area contributed by atoms with Crippen LogP contribution in [0.3, 0.4) is 0 Å². The van der Waals surface area contributed by atoms with Gasteiger partial charge in [-0.3, -0.25) is 0 Å². The molecular formula is C13H18O2. The summed E-state index contributed by atoms with van der Waals surface area (Å²) >= 11 is 0. The summed E-state index contributed by atoms with van der Waals surface area (Å²) in [5, 5.41) is 0. The number of rotatable bonds is 4. The normalized spacial score (nSPS) is 12.3. The first-order chi connectivity index (χ1) is 7.10. The number of carbonyl (C=O) groups is 1. The van der Waals surface area contributed by atoms with E-state index in [0.717, 1.165) is 29.6 Å². The molecule has 2 nitrogen and oxygen atoms in total. The lowest BCUT2D eigenvalue weighted by atomic mass is 9.97. The maximum absolute atomic E-state index is 10.6. The lowest BCUT2D eigenvalue weighted by Crippen LogP contribution is -2.04. The lowest BCUT2D eigenvalue weighted by molar-refractivity contribution is -0.110. The molecule has 1 rings (SSSR count). The first kappa shape index (κ1) is 11.8. The molecular weight excluding hydrogens is 188 g/mol. The largest absolute Gasteiger partial charge is 0.496 e. The number of aldehydes is 1. The van der Waals surface area contributed by atoms with E-state index in [0.29, 0.717) is 0 Å². The zero-order valence-corrected chi connectivity index (χ0v) is 9.83. The van der Waals surface area contributed by atoms with Crippen LogP contribution in [0.25, 0.3) is 0 Å². The van der Waals surface area contributed by atoms with Crippen LogP contribution in [0.4, 0.5) is 0 Å². The zero-order valence-electron chi connectivity index (χ0n) is 9.83. The molecule has 0 aliphatic carbocycles. The van der Waals surface area contributed by atoms with Crippen LogP contribution in [-0.2, 0) is 11.2 Å². The SMILES string of the molecule is COc1c(CC(C)C=O)ccc(C)c1C. The molecule has 0 radical (unpaired) electrons. The molecule has 0 bridgehead atoms. The molecule has 0 heterocycles. The van der Waals surface area contributed by atoms with E-state index in [1.165, 1.54) is 5.56 Å². The van der Waals surface area contributed by atoms with E-state index >= 15 is 0 Å². The topological polar surface area (TPSA) is 26.3 Å². The predicted octanol–water partition coefficient (Wildman–Crippen LogP) is 2.69. The third kappa shape index (κ3) is 2.58. The van der Waals surface area contributed by atoms with E-state index in [4.69, 9.17) is 4.74 Å². The fourth-order valence-corrected chi connectivity index (χ4v) is 1.69. The fourth-order valence-electron chi connectivity index (χ4n) is 1.69. The van der Waals surface area contributed by atoms with Gasteiger partial charge in [0.2, 0.25) is 0 Å². The van der Waals surface area contributed by atoms with Crippen LogP contribution < -0.4 is 4.74 Å². The van der Waals surface area contributed by atoms with Crippen molar-refractivity contribution in [2.24, 2.45) is 5.92 Å². The highest BCUT2D eigenvalue weighted by molar-refractivity contribution is 5.55. The third-order valence-electron chi connectivity index (χ3n) is 2.74. The van der Waals surface area contributed by atoms with Gasteiger partial charge in [-0.2, -0.15) is 0 Å². The Balaban J connectivity index is 3.07. The number of benzene rings is 1. The second kappa shape index (κ2) is 4.96. The Morgan fingerprint density at radius 3 is 2.60 bits per heavy atom. The average molecular weight is 206 g/mol. The van der Waals surface area contributed by atoms with Gasteiger partial charge in [-0.1, -0.05) is 19.1 Å². The molecule has 0 N–H and O–H groups in total. The summed E-state index contributed by atoms with van der Waals surface area (Å²) in [6.45, 7) is 6.02. The van der Waals surface area contributed by atoms with Crippen LogP contribution >= 0.6 is 0 Å². The van der Waals surface area contributed by atoms with Gasteiger partial charge >= 0.3 is 0 Å². The van der Waals surface area contributed by atoms with Crippen molar-refractivity contribution in [2.75, 3.05) is 7.11 Å². The highest BCUT2D eigenvalue weighted by atomic mass is 16.5. The van der Waals surface area contributed by atoms with Gasteiger partial charge in [-0.05, 0) is 37.0 Å². The van der Waals surface area contributed by atoms with E-state index in [9.17, 15) is 4.79 Å². The first-order valence-electron chi connectivity index (χ1n) is 5.18. The van der Waals surface area contributed by atoms with Crippen molar-refractivity contribution in [3.8, 4) is 5.75 Å². The molecule has 0 fully saturated rings. The van der Waals surface area contributed by atoms with Gasteiger partial charge in [0.25, 0.3) is 0 Å². The Hall–Kier alpha value is -1.31. The molecule has 1 aromatic rings. The molecule has 0 saturated heterocycles. The highest BCUT2D eigenvalue weighted by Gasteiger charge is 2.11. The minimum Gasteiger partial charge on any atom is -0.496 e. The Labute approximate surface area is 91.3 Å². The molecule has 1 unspecified atom stereocenters. The first-order valence-corrected chi connectivity index (χ1v) is 5.18. The van der Waals surface area contributed by atoms with Crippen LogP contribution in [0, 0.1) is 19.8 Å². The second-order valence-corrected chi connectivity index (χ2v) is 4.02. The summed E-state index contributed by atoms with van der Waals surface area (Å²) in [4.78, 5) is 10.6. The van der Waals surface area contributed by atoms with Gasteiger partial charge < -0.3 is 9.53 Å². The van der Waals surface area contributed by atoms with E-state index in [-0.39, 0.29) is 5.92 Å². The molecule has 0 amide bonds. The predicted molar refractivity (Wildman–Crippen MR) is 61.4 cm³/mol. The molecule has 15 heavy (non-hydrogen) atoms. The molecule has 0 aromatic heterocycles. The molecule has 82 valence electrons. The zero-order chi connectivity index (χ0) is 11.4. The van der Waals surface area contributed by atoms with Gasteiger partial charge in [-0.25, -0.2) is 0 Å². The number of methoxy groups -OCH3 is 1. The average Bonchev–Trinajstić information content (AvgIpc) is 2.24. The summed E-state index contributed by atoms with van der Waals surface area (Å²) in [5.41, 5.74) is 3.49. The minimum absolute atomic E-state index is 0.0426. The quantitative estimate of drug-likeness (QED) is 0.708. The fraction of sp³-hybridized carbons (Fsp3) is 0.462. The highest BCUT2D eigenvalue weighted by Crippen LogP contribution is 2.27. The van der Waals surface area contributed by atoms with Crippen LogP contribution in [0.5, 0.6) is 5.75 Å². The standard InChI is InChI=1S/C13H18O2/c1-9(8-14)7-12-6-5-10(2)11(3)13(12)15-4/h5-6,8-9H,7H2,1-4H3. The van der Waals surface area contributed by atoms with Crippen molar-refractivity contribution in [1.82, 2.24) is 0 Å². The third-order valence-corrected chi connectivity index (χ3v) is 2.74. The smallest absolute Gasteiger partial charge is 0.125 e. The summed E-state index contributed by atoms with van der Waals surface area (Å²) in [5.74, 6) is 0.963. The van der Waals surface area contributed by atoms with Crippen molar-refractivity contribution in [3.05, 3.63) is 28.8 Å².